The van der Waals surface area contributed by atoms with E-state index >= 15 is 0 Å². The molecule has 5 rings (SSSR count). The van der Waals surface area contributed by atoms with Gasteiger partial charge in [0.25, 0.3) is 0 Å². The molecule has 0 bridgehead atoms. The van der Waals surface area contributed by atoms with E-state index in [1.54, 1.807) is 12.3 Å². The maximum atomic E-state index is 13.2. The van der Waals surface area contributed by atoms with Crippen LogP contribution in [0.25, 0.3) is 5.69 Å². The summed E-state index contributed by atoms with van der Waals surface area (Å²) in [5, 5.41) is 6.83. The second kappa shape index (κ2) is 11.1. The molecule has 9 heteroatoms. The zero-order chi connectivity index (χ0) is 27.5. The third kappa shape index (κ3) is 5.13. The van der Waals surface area contributed by atoms with Crippen LogP contribution in [-0.2, 0) is 9.53 Å². The molecular weight excluding hydrogens is 510 g/mol. The first-order valence-electron chi connectivity index (χ1n) is 12.6. The first-order chi connectivity index (χ1) is 18.9. The van der Waals surface area contributed by atoms with Gasteiger partial charge in [-0.25, -0.2) is 4.79 Å². The highest BCUT2D eigenvalue weighted by Crippen LogP contribution is 2.41. The lowest BCUT2D eigenvalue weighted by Crippen LogP contribution is -2.37. The van der Waals surface area contributed by atoms with Crippen molar-refractivity contribution in [3.05, 3.63) is 113 Å². The number of rotatable bonds is 7. The lowest BCUT2D eigenvalue weighted by Gasteiger charge is -2.27. The van der Waals surface area contributed by atoms with E-state index in [0.29, 0.717) is 10.7 Å². The Bertz CT molecular complexity index is 1520. The standard InChI is InChI=1S/C30H29N5O3S/c1-19-17-23(20(2)35(19)25-15-8-7-13-22(25)29(37)38-3)28-27(24-14-9-10-16-31-24)33-30(39)34(28)18-26(36)32-21-11-5-4-6-12-21/h4-17,27-28H,18H2,1-3H3,(H,32,36)(H,33,39). The van der Waals surface area contributed by atoms with Gasteiger partial charge in [0.2, 0.25) is 5.91 Å². The fraction of sp³-hybridized carbons (Fsp3) is 0.200. The molecule has 4 aromatic rings. The molecule has 0 aliphatic carbocycles. The summed E-state index contributed by atoms with van der Waals surface area (Å²) < 4.78 is 7.09. The van der Waals surface area contributed by atoms with Gasteiger partial charge in [-0.15, -0.1) is 0 Å². The monoisotopic (exact) mass is 539 g/mol. The van der Waals surface area contributed by atoms with Gasteiger partial charge < -0.3 is 24.8 Å². The second-order valence-electron chi connectivity index (χ2n) is 9.34. The molecule has 198 valence electrons. The minimum absolute atomic E-state index is 0.0527. The van der Waals surface area contributed by atoms with E-state index in [-0.39, 0.29) is 24.5 Å². The van der Waals surface area contributed by atoms with E-state index in [4.69, 9.17) is 17.0 Å². The van der Waals surface area contributed by atoms with Gasteiger partial charge in [0.05, 0.1) is 36.1 Å². The van der Waals surface area contributed by atoms with Crippen LogP contribution in [0.5, 0.6) is 0 Å². The van der Waals surface area contributed by atoms with E-state index in [2.05, 4.69) is 21.7 Å². The molecule has 1 saturated heterocycles. The maximum absolute atomic E-state index is 13.2. The van der Waals surface area contributed by atoms with Gasteiger partial charge in [0.15, 0.2) is 5.11 Å². The van der Waals surface area contributed by atoms with E-state index < -0.39 is 5.97 Å². The lowest BCUT2D eigenvalue weighted by atomic mass is 9.96. The molecule has 0 spiro atoms. The van der Waals surface area contributed by atoms with Crippen molar-refractivity contribution < 1.29 is 14.3 Å². The highest BCUT2D eigenvalue weighted by Gasteiger charge is 2.42. The van der Waals surface area contributed by atoms with E-state index in [9.17, 15) is 9.59 Å². The second-order valence-corrected chi connectivity index (χ2v) is 9.73. The number of anilines is 1. The molecule has 1 fully saturated rings. The SMILES string of the molecule is COC(=O)c1ccccc1-n1c(C)cc(C2C(c3ccccn3)NC(=S)N2CC(=O)Nc2ccccc2)c1C. The first kappa shape index (κ1) is 26.1. The van der Waals surface area contributed by atoms with Gasteiger partial charge in [-0.2, -0.15) is 0 Å². The number of methoxy groups -OCH3 is 1. The van der Waals surface area contributed by atoms with Crippen molar-refractivity contribution in [2.24, 2.45) is 0 Å². The van der Waals surface area contributed by atoms with Crippen molar-refractivity contribution in [1.29, 1.82) is 0 Å². The molecule has 3 heterocycles. The predicted octanol–water partition coefficient (Wildman–Crippen LogP) is 4.89. The van der Waals surface area contributed by atoms with Crippen molar-refractivity contribution in [3.63, 3.8) is 0 Å². The molecule has 2 unspecified atom stereocenters. The van der Waals surface area contributed by atoms with Crippen LogP contribution in [0.4, 0.5) is 5.69 Å². The molecule has 0 saturated carbocycles. The molecule has 2 aromatic heterocycles. The third-order valence-corrected chi connectivity index (χ3v) is 7.26. The van der Waals surface area contributed by atoms with Crippen LogP contribution >= 0.6 is 12.2 Å². The number of hydrogen-bond acceptors (Lipinski definition) is 5. The Balaban J connectivity index is 1.57. The molecule has 1 aliphatic rings. The van der Waals surface area contributed by atoms with Crippen LogP contribution < -0.4 is 10.6 Å². The summed E-state index contributed by atoms with van der Waals surface area (Å²) in [5.41, 5.74) is 5.56. The summed E-state index contributed by atoms with van der Waals surface area (Å²) >= 11 is 5.76. The predicted molar refractivity (Wildman–Crippen MR) is 154 cm³/mol. The fourth-order valence-corrected chi connectivity index (χ4v) is 5.51. The van der Waals surface area contributed by atoms with Crippen LogP contribution in [0.1, 0.15) is 45.1 Å². The number of esters is 1. The minimum Gasteiger partial charge on any atom is -0.465 e. The number of hydrogen-bond donors (Lipinski definition) is 2. The van der Waals surface area contributed by atoms with E-state index in [1.165, 1.54) is 7.11 Å². The van der Waals surface area contributed by atoms with E-state index in [0.717, 1.165) is 34.0 Å². The topological polar surface area (TPSA) is 88.5 Å². The Labute approximate surface area is 232 Å². The third-order valence-electron chi connectivity index (χ3n) is 6.91. The van der Waals surface area contributed by atoms with Gasteiger partial charge in [-0.1, -0.05) is 36.4 Å². The number of amides is 1. The molecule has 8 nitrogen and oxygen atoms in total. The minimum atomic E-state index is -0.408. The number of para-hydroxylation sites is 2. The van der Waals surface area contributed by atoms with Gasteiger partial charge in [-0.05, 0) is 74.1 Å². The molecular formula is C30H29N5O3S. The first-order valence-corrected chi connectivity index (χ1v) is 13.0. The van der Waals surface area contributed by atoms with Crippen LogP contribution in [0.15, 0.2) is 85.1 Å². The number of ether oxygens (including phenoxy) is 1. The fourth-order valence-electron chi connectivity index (χ4n) is 5.20. The van der Waals surface area contributed by atoms with Crippen molar-refractivity contribution >= 4 is 34.9 Å². The zero-order valence-corrected chi connectivity index (χ0v) is 22.7. The number of pyridine rings is 1. The molecule has 1 amide bonds. The number of nitrogens with zero attached hydrogens (tertiary/aromatic N) is 3. The molecule has 39 heavy (non-hydrogen) atoms. The summed E-state index contributed by atoms with van der Waals surface area (Å²) in [6.45, 7) is 4.06. The normalized spacial score (nSPS) is 16.6. The number of carbonyl (C=O) groups is 2. The summed E-state index contributed by atoms with van der Waals surface area (Å²) in [5.74, 6) is -0.587. The average molecular weight is 540 g/mol. The van der Waals surface area contributed by atoms with Crippen molar-refractivity contribution in [2.45, 2.75) is 25.9 Å². The van der Waals surface area contributed by atoms with Crippen LogP contribution in [0.2, 0.25) is 0 Å². The largest absolute Gasteiger partial charge is 0.465 e. The van der Waals surface area contributed by atoms with Crippen LogP contribution in [0, 0.1) is 13.8 Å². The Hall–Kier alpha value is -4.50. The summed E-state index contributed by atoms with van der Waals surface area (Å²) in [4.78, 5) is 32.2. The number of nitrogens with one attached hydrogen (secondary N) is 2. The highest BCUT2D eigenvalue weighted by molar-refractivity contribution is 7.80. The molecule has 2 atom stereocenters. The summed E-state index contributed by atoms with van der Waals surface area (Å²) in [6, 6.07) is 23.9. The Morgan fingerprint density at radius 3 is 2.46 bits per heavy atom. The summed E-state index contributed by atoms with van der Waals surface area (Å²) in [7, 11) is 1.38. The summed E-state index contributed by atoms with van der Waals surface area (Å²) in [6.07, 6.45) is 1.75. The quantitative estimate of drug-likeness (QED) is 0.255. The van der Waals surface area contributed by atoms with Gasteiger partial charge >= 0.3 is 5.97 Å². The zero-order valence-electron chi connectivity index (χ0n) is 21.9. The Kier molecular flexibility index (Phi) is 7.42. The number of aryl methyl sites for hydroxylation is 1. The van der Waals surface area contributed by atoms with Crippen molar-refractivity contribution in [1.82, 2.24) is 19.8 Å². The van der Waals surface area contributed by atoms with Gasteiger partial charge in [-0.3, -0.25) is 9.78 Å². The maximum Gasteiger partial charge on any atom is 0.339 e. The van der Waals surface area contributed by atoms with Crippen molar-refractivity contribution in [2.75, 3.05) is 19.0 Å². The van der Waals surface area contributed by atoms with Crippen molar-refractivity contribution in [3.8, 4) is 5.69 Å². The number of benzene rings is 2. The van der Waals surface area contributed by atoms with Gasteiger partial charge in [0.1, 0.15) is 6.54 Å². The van der Waals surface area contributed by atoms with Crippen LogP contribution in [-0.4, -0.2) is 45.1 Å². The Morgan fingerprint density at radius 2 is 1.74 bits per heavy atom. The smallest absolute Gasteiger partial charge is 0.339 e. The van der Waals surface area contributed by atoms with Crippen LogP contribution in [0.3, 0.4) is 0 Å². The highest BCUT2D eigenvalue weighted by atomic mass is 32.1. The van der Waals surface area contributed by atoms with E-state index in [1.807, 2.05) is 90.0 Å². The Morgan fingerprint density at radius 1 is 1.03 bits per heavy atom. The number of thiocarbonyl (C=S) groups is 1. The molecule has 1 aliphatic heterocycles. The number of aromatic nitrogens is 2. The number of carbonyl (C=O) groups excluding carboxylic acids is 2. The molecule has 2 aromatic carbocycles. The van der Waals surface area contributed by atoms with Gasteiger partial charge in [0, 0.05) is 23.3 Å². The average Bonchev–Trinajstić information content (AvgIpc) is 3.43. The molecule has 2 N–H and O–H groups in total. The lowest BCUT2D eigenvalue weighted by molar-refractivity contribution is -0.116. The molecule has 0 radical (unpaired) electrons.